The van der Waals surface area contributed by atoms with Crippen molar-refractivity contribution >= 4 is 17.9 Å². The second-order valence-corrected chi connectivity index (χ2v) is 5.21. The van der Waals surface area contributed by atoms with Gasteiger partial charge in [0.05, 0.1) is 0 Å². The topological polar surface area (TPSA) is 58.2 Å². The fraction of sp³-hybridized carbons (Fsp3) is 0.158. The quantitative estimate of drug-likeness (QED) is 0.802. The van der Waals surface area contributed by atoms with E-state index in [0.717, 1.165) is 11.1 Å². The third-order valence-corrected chi connectivity index (χ3v) is 3.43. The van der Waals surface area contributed by atoms with Gasteiger partial charge in [0.1, 0.15) is 5.82 Å². The number of carbonyl (C=O) groups excluding carboxylic acids is 2. The molecule has 0 heterocycles. The Balaban J connectivity index is 1.82. The lowest BCUT2D eigenvalue weighted by Gasteiger charge is -2.05. The average molecular weight is 326 g/mol. The van der Waals surface area contributed by atoms with Crippen molar-refractivity contribution in [2.45, 2.75) is 6.42 Å². The molecule has 124 valence electrons. The van der Waals surface area contributed by atoms with E-state index >= 15 is 0 Å². The highest BCUT2D eigenvalue weighted by Crippen LogP contribution is 2.06. The number of carbonyl (C=O) groups is 2. The van der Waals surface area contributed by atoms with Gasteiger partial charge in [-0.3, -0.25) is 9.59 Å². The van der Waals surface area contributed by atoms with Gasteiger partial charge in [-0.15, -0.1) is 0 Å². The molecule has 2 N–H and O–H groups in total. The smallest absolute Gasteiger partial charge is 0.251 e. The molecule has 5 heteroatoms. The van der Waals surface area contributed by atoms with Crippen molar-refractivity contribution in [3.05, 3.63) is 77.1 Å². The number of halogens is 1. The van der Waals surface area contributed by atoms with Crippen LogP contribution in [-0.2, 0) is 11.2 Å². The van der Waals surface area contributed by atoms with E-state index < -0.39 is 0 Å². The van der Waals surface area contributed by atoms with E-state index in [-0.39, 0.29) is 17.6 Å². The van der Waals surface area contributed by atoms with E-state index in [9.17, 15) is 14.0 Å². The van der Waals surface area contributed by atoms with Crippen molar-refractivity contribution in [1.29, 1.82) is 0 Å². The van der Waals surface area contributed by atoms with Crippen LogP contribution in [0.2, 0.25) is 0 Å². The van der Waals surface area contributed by atoms with Crippen LogP contribution in [0.5, 0.6) is 0 Å². The van der Waals surface area contributed by atoms with Crippen LogP contribution in [0.25, 0.3) is 6.08 Å². The summed E-state index contributed by atoms with van der Waals surface area (Å²) in [6.45, 7) is 0.462. The summed E-state index contributed by atoms with van der Waals surface area (Å²) in [5, 5.41) is 5.35. The van der Waals surface area contributed by atoms with Crippen LogP contribution in [0, 0.1) is 5.82 Å². The molecule has 0 aliphatic carbocycles. The minimum absolute atomic E-state index is 0.136. The second-order valence-electron chi connectivity index (χ2n) is 5.21. The van der Waals surface area contributed by atoms with Crippen molar-refractivity contribution in [3.63, 3.8) is 0 Å². The molecule has 0 radical (unpaired) electrons. The molecule has 2 aromatic rings. The summed E-state index contributed by atoms with van der Waals surface area (Å²) in [5.41, 5.74) is 2.32. The molecule has 0 spiro atoms. The van der Waals surface area contributed by atoms with Crippen LogP contribution < -0.4 is 10.6 Å². The number of hydrogen-bond donors (Lipinski definition) is 2. The summed E-state index contributed by atoms with van der Waals surface area (Å²) in [7, 11) is 1.59. The lowest BCUT2D eigenvalue weighted by Crippen LogP contribution is -2.23. The SMILES string of the molecule is CNC(=O)c1cccc(CCNC(=O)/C=C/c2ccc(F)cc2)c1. The minimum Gasteiger partial charge on any atom is -0.355 e. The normalized spacial score (nSPS) is 10.6. The van der Waals surface area contributed by atoms with Gasteiger partial charge in [0.2, 0.25) is 5.91 Å². The fourth-order valence-electron chi connectivity index (χ4n) is 2.15. The highest BCUT2D eigenvalue weighted by atomic mass is 19.1. The van der Waals surface area contributed by atoms with Gasteiger partial charge in [0.25, 0.3) is 5.91 Å². The van der Waals surface area contributed by atoms with Crippen molar-refractivity contribution in [1.82, 2.24) is 10.6 Å². The fourth-order valence-corrected chi connectivity index (χ4v) is 2.15. The lowest BCUT2D eigenvalue weighted by molar-refractivity contribution is -0.116. The van der Waals surface area contributed by atoms with E-state index in [2.05, 4.69) is 10.6 Å². The van der Waals surface area contributed by atoms with Crippen molar-refractivity contribution < 1.29 is 14.0 Å². The summed E-state index contributed by atoms with van der Waals surface area (Å²) < 4.78 is 12.8. The number of rotatable bonds is 6. The molecule has 0 unspecified atom stereocenters. The van der Waals surface area contributed by atoms with E-state index in [0.29, 0.717) is 18.5 Å². The van der Waals surface area contributed by atoms with Crippen molar-refractivity contribution in [2.24, 2.45) is 0 Å². The summed E-state index contributed by atoms with van der Waals surface area (Å²) in [4.78, 5) is 23.3. The van der Waals surface area contributed by atoms with E-state index in [4.69, 9.17) is 0 Å². The Morgan fingerprint density at radius 1 is 1.12 bits per heavy atom. The largest absolute Gasteiger partial charge is 0.355 e. The molecule has 4 nitrogen and oxygen atoms in total. The predicted molar refractivity (Wildman–Crippen MR) is 92.0 cm³/mol. The van der Waals surface area contributed by atoms with E-state index in [1.807, 2.05) is 12.1 Å². The molecule has 0 aliphatic heterocycles. The van der Waals surface area contributed by atoms with Crippen LogP contribution in [-0.4, -0.2) is 25.4 Å². The van der Waals surface area contributed by atoms with Crippen molar-refractivity contribution in [3.8, 4) is 0 Å². The number of amides is 2. The zero-order valence-corrected chi connectivity index (χ0v) is 13.4. The molecule has 24 heavy (non-hydrogen) atoms. The maximum absolute atomic E-state index is 12.8. The van der Waals surface area contributed by atoms with Gasteiger partial charge in [-0.2, -0.15) is 0 Å². The zero-order valence-electron chi connectivity index (χ0n) is 13.4. The predicted octanol–water partition coefficient (Wildman–Crippen LogP) is 2.56. The Morgan fingerprint density at radius 2 is 1.88 bits per heavy atom. The Hall–Kier alpha value is -2.95. The van der Waals surface area contributed by atoms with Gasteiger partial charge in [-0.1, -0.05) is 24.3 Å². The molecular formula is C19H19FN2O2. The Kier molecular flexibility index (Phi) is 6.25. The highest BCUT2D eigenvalue weighted by molar-refractivity contribution is 5.94. The van der Waals surface area contributed by atoms with E-state index in [1.165, 1.54) is 18.2 Å². The molecule has 2 rings (SSSR count). The zero-order chi connectivity index (χ0) is 17.4. The summed E-state index contributed by atoms with van der Waals surface area (Å²) >= 11 is 0. The lowest BCUT2D eigenvalue weighted by atomic mass is 10.1. The minimum atomic E-state index is -0.310. The first-order valence-corrected chi connectivity index (χ1v) is 7.61. The molecule has 0 aromatic heterocycles. The maximum Gasteiger partial charge on any atom is 0.251 e. The van der Waals surface area contributed by atoms with Crippen LogP contribution >= 0.6 is 0 Å². The monoisotopic (exact) mass is 326 g/mol. The Labute approximate surface area is 140 Å². The summed E-state index contributed by atoms with van der Waals surface area (Å²) in [6.07, 6.45) is 3.66. The molecule has 0 atom stereocenters. The molecule has 0 bridgehead atoms. The molecular weight excluding hydrogens is 307 g/mol. The summed E-state index contributed by atoms with van der Waals surface area (Å²) in [5.74, 6) is -0.666. The van der Waals surface area contributed by atoms with Gasteiger partial charge < -0.3 is 10.6 Å². The molecule has 0 saturated carbocycles. The molecule has 0 fully saturated rings. The standard InChI is InChI=1S/C19H19FN2O2/c1-21-19(24)16-4-2-3-15(13-16)11-12-22-18(23)10-7-14-5-8-17(20)9-6-14/h2-10,13H,11-12H2,1H3,(H,21,24)(H,22,23)/b10-7+. The first-order chi connectivity index (χ1) is 11.6. The molecule has 2 amide bonds. The van der Waals surface area contributed by atoms with Gasteiger partial charge in [0, 0.05) is 25.2 Å². The number of benzene rings is 2. The second kappa shape index (κ2) is 8.62. The summed E-state index contributed by atoms with van der Waals surface area (Å²) in [6, 6.07) is 13.2. The molecule has 2 aromatic carbocycles. The van der Waals surface area contributed by atoms with Crippen LogP contribution in [0.4, 0.5) is 4.39 Å². The van der Waals surface area contributed by atoms with Gasteiger partial charge >= 0.3 is 0 Å². The Bertz CT molecular complexity index is 739. The van der Waals surface area contributed by atoms with Crippen molar-refractivity contribution in [2.75, 3.05) is 13.6 Å². The van der Waals surface area contributed by atoms with Crippen LogP contribution in [0.15, 0.2) is 54.6 Å². The molecule has 0 saturated heterocycles. The van der Waals surface area contributed by atoms with E-state index in [1.54, 1.807) is 37.4 Å². The highest BCUT2D eigenvalue weighted by Gasteiger charge is 2.03. The first kappa shape index (κ1) is 17.4. The molecule has 0 aliphatic rings. The number of nitrogens with one attached hydrogen (secondary N) is 2. The maximum atomic E-state index is 12.8. The Morgan fingerprint density at radius 3 is 2.58 bits per heavy atom. The first-order valence-electron chi connectivity index (χ1n) is 7.61. The van der Waals surface area contributed by atoms with Crippen LogP contribution in [0.1, 0.15) is 21.5 Å². The van der Waals surface area contributed by atoms with Gasteiger partial charge in [-0.25, -0.2) is 4.39 Å². The van der Waals surface area contributed by atoms with Gasteiger partial charge in [0.15, 0.2) is 0 Å². The van der Waals surface area contributed by atoms with Gasteiger partial charge in [-0.05, 0) is 47.9 Å². The third-order valence-electron chi connectivity index (χ3n) is 3.43. The third kappa shape index (κ3) is 5.35. The van der Waals surface area contributed by atoms with Crippen LogP contribution in [0.3, 0.4) is 0 Å². The number of hydrogen-bond acceptors (Lipinski definition) is 2. The average Bonchev–Trinajstić information content (AvgIpc) is 2.61.